The van der Waals surface area contributed by atoms with E-state index < -0.39 is 0 Å². The van der Waals surface area contributed by atoms with Crippen molar-refractivity contribution in [3.8, 4) is 11.4 Å². The number of para-hydroxylation sites is 2. The summed E-state index contributed by atoms with van der Waals surface area (Å²) >= 11 is 7.65. The van der Waals surface area contributed by atoms with Crippen LogP contribution in [0.2, 0.25) is 5.02 Å². The van der Waals surface area contributed by atoms with E-state index in [1.54, 1.807) is 6.07 Å². The van der Waals surface area contributed by atoms with Crippen molar-refractivity contribution < 1.29 is 9.53 Å². The van der Waals surface area contributed by atoms with Gasteiger partial charge in [-0.3, -0.25) is 9.36 Å². The first-order chi connectivity index (χ1) is 15.5. The molecular weight excluding hydrogens is 444 g/mol. The zero-order valence-corrected chi connectivity index (χ0v) is 19.9. The summed E-state index contributed by atoms with van der Waals surface area (Å²) < 4.78 is 7.86. The van der Waals surface area contributed by atoms with E-state index in [0.717, 1.165) is 31.6 Å². The predicted molar refractivity (Wildman–Crippen MR) is 127 cm³/mol. The molecule has 1 aliphatic heterocycles. The standard InChI is InChI=1S/C24H27ClN4O2S/c1-17-12-14-28(15-13-17)23(30)18(2)32-24-27-26-22(29(24)19-8-4-3-5-9-19)16-31-21-11-7-6-10-20(21)25/h3-11,17-18H,12-16H2,1-2H3. The third-order valence-corrected chi connectivity index (χ3v) is 6.98. The Morgan fingerprint density at radius 3 is 2.53 bits per heavy atom. The van der Waals surface area contributed by atoms with Gasteiger partial charge in [-0.2, -0.15) is 0 Å². The fraction of sp³-hybridized carbons (Fsp3) is 0.375. The minimum atomic E-state index is -0.257. The van der Waals surface area contributed by atoms with Crippen molar-refractivity contribution in [2.75, 3.05) is 13.1 Å². The molecule has 1 atom stereocenters. The third kappa shape index (κ3) is 5.27. The molecule has 2 aromatic carbocycles. The minimum absolute atomic E-state index is 0.151. The average Bonchev–Trinajstić information content (AvgIpc) is 3.21. The van der Waals surface area contributed by atoms with Gasteiger partial charge in [0.2, 0.25) is 5.91 Å². The Morgan fingerprint density at radius 1 is 1.12 bits per heavy atom. The summed E-state index contributed by atoms with van der Waals surface area (Å²) in [7, 11) is 0. The Kier molecular flexibility index (Phi) is 7.37. The Morgan fingerprint density at radius 2 is 1.81 bits per heavy atom. The summed E-state index contributed by atoms with van der Waals surface area (Å²) in [5.41, 5.74) is 0.921. The molecule has 3 aromatic rings. The van der Waals surface area contributed by atoms with Crippen LogP contribution in [-0.4, -0.2) is 43.9 Å². The van der Waals surface area contributed by atoms with Gasteiger partial charge in [-0.25, -0.2) is 0 Å². The minimum Gasteiger partial charge on any atom is -0.484 e. The lowest BCUT2D eigenvalue weighted by atomic mass is 9.99. The fourth-order valence-electron chi connectivity index (χ4n) is 3.71. The van der Waals surface area contributed by atoms with Gasteiger partial charge in [-0.05, 0) is 49.9 Å². The second-order valence-corrected chi connectivity index (χ2v) is 9.77. The molecule has 1 unspecified atom stereocenters. The monoisotopic (exact) mass is 470 g/mol. The number of piperidine rings is 1. The highest BCUT2D eigenvalue weighted by atomic mass is 35.5. The van der Waals surface area contributed by atoms with Gasteiger partial charge in [-0.1, -0.05) is 60.6 Å². The zero-order valence-electron chi connectivity index (χ0n) is 18.3. The molecule has 2 heterocycles. The highest BCUT2D eigenvalue weighted by Crippen LogP contribution is 2.29. The number of hydrogen-bond donors (Lipinski definition) is 0. The number of benzene rings is 2. The summed E-state index contributed by atoms with van der Waals surface area (Å²) in [6.07, 6.45) is 2.12. The van der Waals surface area contributed by atoms with Gasteiger partial charge in [0.25, 0.3) is 0 Å². The molecule has 0 spiro atoms. The van der Waals surface area contributed by atoms with E-state index in [9.17, 15) is 4.79 Å². The molecule has 168 valence electrons. The summed E-state index contributed by atoms with van der Waals surface area (Å²) in [4.78, 5) is 15.0. The molecule has 1 aromatic heterocycles. The molecule has 1 saturated heterocycles. The number of nitrogens with zero attached hydrogens (tertiary/aromatic N) is 4. The first-order valence-electron chi connectivity index (χ1n) is 10.9. The molecule has 32 heavy (non-hydrogen) atoms. The Balaban J connectivity index is 1.54. The van der Waals surface area contributed by atoms with E-state index in [1.165, 1.54) is 11.8 Å². The van der Waals surface area contributed by atoms with Crippen LogP contribution in [0.1, 0.15) is 32.5 Å². The molecule has 8 heteroatoms. The van der Waals surface area contributed by atoms with E-state index in [-0.39, 0.29) is 17.8 Å². The topological polar surface area (TPSA) is 60.3 Å². The van der Waals surface area contributed by atoms with E-state index >= 15 is 0 Å². The number of carbonyl (C=O) groups is 1. The van der Waals surface area contributed by atoms with Crippen molar-refractivity contribution in [2.45, 2.75) is 43.7 Å². The molecule has 4 rings (SSSR count). The molecule has 6 nitrogen and oxygen atoms in total. The van der Waals surface area contributed by atoms with Crippen LogP contribution in [0.5, 0.6) is 5.75 Å². The summed E-state index contributed by atoms with van der Waals surface area (Å²) in [5.74, 6) is 2.07. The molecule has 1 fully saturated rings. The zero-order chi connectivity index (χ0) is 22.5. The molecule has 0 saturated carbocycles. The second kappa shape index (κ2) is 10.4. The van der Waals surface area contributed by atoms with E-state index in [2.05, 4.69) is 17.1 Å². The van der Waals surface area contributed by atoms with E-state index in [0.29, 0.717) is 27.7 Å². The average molecular weight is 471 g/mol. The number of rotatable bonds is 7. The maximum absolute atomic E-state index is 13.0. The number of thioether (sulfide) groups is 1. The highest BCUT2D eigenvalue weighted by Gasteiger charge is 2.27. The molecule has 0 bridgehead atoms. The number of ether oxygens (including phenoxy) is 1. The quantitative estimate of drug-likeness (QED) is 0.442. The maximum Gasteiger partial charge on any atom is 0.235 e. The van der Waals surface area contributed by atoms with Crippen molar-refractivity contribution in [1.82, 2.24) is 19.7 Å². The molecule has 0 N–H and O–H groups in total. The van der Waals surface area contributed by atoms with Crippen molar-refractivity contribution in [3.63, 3.8) is 0 Å². The molecule has 0 radical (unpaired) electrons. The van der Waals surface area contributed by atoms with Gasteiger partial charge in [-0.15, -0.1) is 10.2 Å². The van der Waals surface area contributed by atoms with Crippen LogP contribution < -0.4 is 4.74 Å². The first-order valence-corrected chi connectivity index (χ1v) is 12.1. The van der Waals surface area contributed by atoms with Crippen molar-refractivity contribution in [1.29, 1.82) is 0 Å². The van der Waals surface area contributed by atoms with Crippen LogP contribution in [-0.2, 0) is 11.4 Å². The van der Waals surface area contributed by atoms with Crippen LogP contribution in [0.4, 0.5) is 0 Å². The Hall–Kier alpha value is -2.51. The Labute approximate surface area is 197 Å². The number of amides is 1. The summed E-state index contributed by atoms with van der Waals surface area (Å²) in [6, 6.07) is 17.2. The number of hydrogen-bond acceptors (Lipinski definition) is 5. The van der Waals surface area contributed by atoms with Crippen LogP contribution in [0, 0.1) is 5.92 Å². The van der Waals surface area contributed by atoms with Crippen LogP contribution in [0.3, 0.4) is 0 Å². The van der Waals surface area contributed by atoms with Gasteiger partial charge in [0.15, 0.2) is 11.0 Å². The van der Waals surface area contributed by atoms with E-state index in [1.807, 2.05) is 64.9 Å². The first kappa shape index (κ1) is 22.7. The van der Waals surface area contributed by atoms with Crippen molar-refractivity contribution >= 4 is 29.3 Å². The van der Waals surface area contributed by atoms with Crippen LogP contribution >= 0.6 is 23.4 Å². The van der Waals surface area contributed by atoms with Gasteiger partial charge in [0.05, 0.1) is 10.3 Å². The summed E-state index contributed by atoms with van der Waals surface area (Å²) in [6.45, 7) is 6.04. The lowest BCUT2D eigenvalue weighted by molar-refractivity contribution is -0.131. The fourth-order valence-corrected chi connectivity index (χ4v) is 4.87. The molecule has 0 aliphatic carbocycles. The maximum atomic E-state index is 13.0. The van der Waals surface area contributed by atoms with Crippen molar-refractivity contribution in [3.05, 3.63) is 65.4 Å². The van der Waals surface area contributed by atoms with Gasteiger partial charge in [0, 0.05) is 18.8 Å². The molecule has 1 aliphatic rings. The Bertz CT molecular complexity index is 1050. The van der Waals surface area contributed by atoms with Gasteiger partial charge < -0.3 is 9.64 Å². The normalized spacial score (nSPS) is 15.5. The molecule has 1 amide bonds. The SMILES string of the molecule is CC1CCN(C(=O)C(C)Sc2nnc(COc3ccccc3Cl)n2-c2ccccc2)CC1. The number of aromatic nitrogens is 3. The smallest absolute Gasteiger partial charge is 0.235 e. The third-order valence-electron chi connectivity index (χ3n) is 5.63. The molecular formula is C24H27ClN4O2S. The summed E-state index contributed by atoms with van der Waals surface area (Å²) in [5, 5.41) is 9.72. The van der Waals surface area contributed by atoms with Crippen LogP contribution in [0.15, 0.2) is 59.8 Å². The number of halogens is 1. The van der Waals surface area contributed by atoms with Crippen LogP contribution in [0.25, 0.3) is 5.69 Å². The van der Waals surface area contributed by atoms with Crippen molar-refractivity contribution in [2.24, 2.45) is 5.92 Å². The number of likely N-dealkylation sites (tertiary alicyclic amines) is 1. The highest BCUT2D eigenvalue weighted by molar-refractivity contribution is 8.00. The second-order valence-electron chi connectivity index (χ2n) is 8.06. The lowest BCUT2D eigenvalue weighted by Crippen LogP contribution is -2.41. The number of carbonyl (C=O) groups excluding carboxylic acids is 1. The lowest BCUT2D eigenvalue weighted by Gasteiger charge is -2.32. The van der Waals surface area contributed by atoms with Gasteiger partial charge >= 0.3 is 0 Å². The predicted octanol–water partition coefficient (Wildman–Crippen LogP) is 5.24. The van der Waals surface area contributed by atoms with E-state index in [4.69, 9.17) is 16.3 Å². The van der Waals surface area contributed by atoms with Gasteiger partial charge in [0.1, 0.15) is 12.4 Å². The largest absolute Gasteiger partial charge is 0.484 e.